The molecule has 82 valence electrons. The van der Waals surface area contributed by atoms with Gasteiger partial charge in [0.2, 0.25) is 0 Å². The monoisotopic (exact) mass is 227 g/mol. The van der Waals surface area contributed by atoms with Gasteiger partial charge in [0.1, 0.15) is 5.75 Å². The number of fused-ring (bicyclic) bond motifs is 1. The molecule has 16 heavy (non-hydrogen) atoms. The molecule has 3 heteroatoms. The Bertz CT molecular complexity index is 421. The first kappa shape index (κ1) is 15.5. The van der Waals surface area contributed by atoms with Gasteiger partial charge in [-0.25, -0.2) is 0 Å². The first-order chi connectivity index (χ1) is 7.11. The zero-order valence-electron chi connectivity index (χ0n) is 9.44. The molecule has 2 rings (SSSR count). The summed E-state index contributed by atoms with van der Waals surface area (Å²) in [4.78, 5) is 2.00. The summed E-state index contributed by atoms with van der Waals surface area (Å²) in [7, 11) is 6.00. The number of aromatic hydroxyl groups is 1. The van der Waals surface area contributed by atoms with Crippen LogP contribution in [0.5, 0.6) is 5.75 Å². The van der Waals surface area contributed by atoms with Crippen LogP contribution >= 0.6 is 0 Å². The van der Waals surface area contributed by atoms with E-state index in [0.717, 1.165) is 10.8 Å². The first-order valence-electron chi connectivity index (χ1n) is 4.89. The van der Waals surface area contributed by atoms with Crippen LogP contribution in [-0.2, 0) is 0 Å². The van der Waals surface area contributed by atoms with Crippen molar-refractivity contribution in [2.75, 3.05) is 21.1 Å². The molecule has 0 radical (unpaired) electrons. The van der Waals surface area contributed by atoms with Gasteiger partial charge in [-0.3, -0.25) is 0 Å². The van der Waals surface area contributed by atoms with E-state index in [9.17, 15) is 5.11 Å². The Hall–Kier alpha value is -0.540. The van der Waals surface area contributed by atoms with Crippen molar-refractivity contribution in [3.63, 3.8) is 0 Å². The molecule has 0 saturated heterocycles. The number of hydrogen-bond acceptors (Lipinski definition) is 2. The van der Waals surface area contributed by atoms with Crippen LogP contribution in [0.1, 0.15) is 0 Å². The molecule has 0 atom stereocenters. The van der Waals surface area contributed by atoms with E-state index in [-0.39, 0.29) is 29.6 Å². The van der Waals surface area contributed by atoms with Crippen molar-refractivity contribution in [3.05, 3.63) is 42.5 Å². The van der Waals surface area contributed by atoms with Gasteiger partial charge < -0.3 is 10.0 Å². The van der Waals surface area contributed by atoms with Crippen LogP contribution in [-0.4, -0.2) is 60.7 Å². The van der Waals surface area contributed by atoms with Gasteiger partial charge in [0.05, 0.1) is 0 Å². The van der Waals surface area contributed by atoms with Crippen molar-refractivity contribution < 1.29 is 5.11 Å². The Kier molecular flexibility index (Phi) is 7.43. The summed E-state index contributed by atoms with van der Waals surface area (Å²) in [6, 6.07) is 13.3. The van der Waals surface area contributed by atoms with Gasteiger partial charge in [0.25, 0.3) is 0 Å². The van der Waals surface area contributed by atoms with Crippen LogP contribution in [0.3, 0.4) is 0 Å². The van der Waals surface area contributed by atoms with Crippen molar-refractivity contribution in [2.24, 2.45) is 0 Å². The molecule has 2 nitrogen and oxygen atoms in total. The number of phenols is 1. The molecule has 0 aromatic heterocycles. The van der Waals surface area contributed by atoms with E-state index in [1.807, 2.05) is 62.4 Å². The number of rotatable bonds is 0. The SMILES string of the molecule is CN(C)C.Oc1cccc2ccccc12.[NaH]. The van der Waals surface area contributed by atoms with Gasteiger partial charge in [-0.1, -0.05) is 36.4 Å². The van der Waals surface area contributed by atoms with Crippen LogP contribution in [0.15, 0.2) is 42.5 Å². The fourth-order valence-corrected chi connectivity index (χ4v) is 1.21. The summed E-state index contributed by atoms with van der Waals surface area (Å²) >= 11 is 0. The molecule has 0 heterocycles. The molecule has 2 aromatic rings. The Balaban J connectivity index is 0.000000397. The molecule has 0 amide bonds. The molecule has 0 aliphatic heterocycles. The zero-order chi connectivity index (χ0) is 11.3. The topological polar surface area (TPSA) is 23.5 Å². The van der Waals surface area contributed by atoms with E-state index in [2.05, 4.69) is 0 Å². The van der Waals surface area contributed by atoms with Gasteiger partial charge in [-0.15, -0.1) is 0 Å². The average Bonchev–Trinajstić information content (AvgIpc) is 2.18. The van der Waals surface area contributed by atoms with Crippen LogP contribution in [0.2, 0.25) is 0 Å². The third-order valence-electron chi connectivity index (χ3n) is 1.77. The Labute approximate surface area is 119 Å². The van der Waals surface area contributed by atoms with Crippen molar-refractivity contribution in [3.8, 4) is 5.75 Å². The summed E-state index contributed by atoms with van der Waals surface area (Å²) in [5, 5.41) is 11.4. The van der Waals surface area contributed by atoms with Gasteiger partial charge >= 0.3 is 29.6 Å². The second-order valence-corrected chi connectivity index (χ2v) is 3.84. The molecule has 0 unspecified atom stereocenters. The molecular formula is C13H18NNaO. The molecule has 0 saturated carbocycles. The predicted octanol–water partition coefficient (Wildman–Crippen LogP) is 2.07. The average molecular weight is 227 g/mol. The van der Waals surface area contributed by atoms with Crippen LogP contribution < -0.4 is 0 Å². The number of nitrogens with zero attached hydrogens (tertiary/aromatic N) is 1. The zero-order valence-corrected chi connectivity index (χ0v) is 9.44. The standard InChI is InChI=1S/C10H8O.C3H9N.Na.H/c11-10-7-3-5-8-4-1-2-6-9(8)10;1-4(2)3;;/h1-7,11H;1-3H3;;. The van der Waals surface area contributed by atoms with E-state index in [0.29, 0.717) is 5.75 Å². The molecule has 0 aliphatic carbocycles. The van der Waals surface area contributed by atoms with Crippen molar-refractivity contribution in [1.82, 2.24) is 4.90 Å². The van der Waals surface area contributed by atoms with Crippen molar-refractivity contribution in [2.45, 2.75) is 0 Å². The van der Waals surface area contributed by atoms with Crippen LogP contribution in [0.25, 0.3) is 10.8 Å². The van der Waals surface area contributed by atoms with E-state index < -0.39 is 0 Å². The van der Waals surface area contributed by atoms with E-state index in [1.54, 1.807) is 6.07 Å². The molecular weight excluding hydrogens is 209 g/mol. The fraction of sp³-hybridized carbons (Fsp3) is 0.231. The molecule has 0 fully saturated rings. The summed E-state index contributed by atoms with van der Waals surface area (Å²) in [5.41, 5.74) is 0. The quantitative estimate of drug-likeness (QED) is 0.696. The molecule has 1 N–H and O–H groups in total. The van der Waals surface area contributed by atoms with Crippen LogP contribution in [0, 0.1) is 0 Å². The molecule has 0 spiro atoms. The summed E-state index contributed by atoms with van der Waals surface area (Å²) in [5.74, 6) is 0.350. The second kappa shape index (κ2) is 7.69. The van der Waals surface area contributed by atoms with E-state index in [1.165, 1.54) is 0 Å². The van der Waals surface area contributed by atoms with E-state index >= 15 is 0 Å². The number of benzene rings is 2. The fourth-order valence-electron chi connectivity index (χ4n) is 1.21. The minimum absolute atomic E-state index is 0. The molecule has 0 aliphatic rings. The number of hydrogen-bond donors (Lipinski definition) is 1. The van der Waals surface area contributed by atoms with Crippen molar-refractivity contribution >= 4 is 40.3 Å². The molecule has 2 aromatic carbocycles. The Morgan fingerprint density at radius 3 is 1.94 bits per heavy atom. The van der Waals surface area contributed by atoms with E-state index in [4.69, 9.17) is 0 Å². The predicted molar refractivity (Wildman–Crippen MR) is 72.4 cm³/mol. The van der Waals surface area contributed by atoms with Gasteiger partial charge in [0.15, 0.2) is 0 Å². The number of phenolic OH excluding ortho intramolecular Hbond substituents is 1. The van der Waals surface area contributed by atoms with Gasteiger partial charge in [-0.2, -0.15) is 0 Å². The summed E-state index contributed by atoms with van der Waals surface area (Å²) < 4.78 is 0. The minimum atomic E-state index is 0. The van der Waals surface area contributed by atoms with Gasteiger partial charge in [-0.05, 0) is 32.6 Å². The maximum absolute atomic E-state index is 9.37. The third-order valence-corrected chi connectivity index (χ3v) is 1.77. The first-order valence-corrected chi connectivity index (χ1v) is 4.89. The normalized spacial score (nSPS) is 9.25. The second-order valence-electron chi connectivity index (χ2n) is 3.84. The van der Waals surface area contributed by atoms with Crippen LogP contribution in [0.4, 0.5) is 0 Å². The summed E-state index contributed by atoms with van der Waals surface area (Å²) in [6.07, 6.45) is 0. The Morgan fingerprint density at radius 2 is 1.38 bits per heavy atom. The Morgan fingerprint density at radius 1 is 0.875 bits per heavy atom. The van der Waals surface area contributed by atoms with Gasteiger partial charge in [0, 0.05) is 5.39 Å². The van der Waals surface area contributed by atoms with Crippen molar-refractivity contribution in [1.29, 1.82) is 0 Å². The maximum atomic E-state index is 9.37. The molecule has 0 bridgehead atoms. The summed E-state index contributed by atoms with van der Waals surface area (Å²) in [6.45, 7) is 0. The third kappa shape index (κ3) is 4.99.